The van der Waals surface area contributed by atoms with Crippen LogP contribution in [-0.2, 0) is 11.2 Å². The predicted molar refractivity (Wildman–Crippen MR) is 105 cm³/mol. The Kier molecular flexibility index (Phi) is 6.50. The number of rotatable bonds is 7. The zero-order valence-electron chi connectivity index (χ0n) is 16.5. The number of nitrogens with zero attached hydrogens (tertiary/aromatic N) is 2. The summed E-state index contributed by atoms with van der Waals surface area (Å²) in [4.78, 5) is 19.3. The van der Waals surface area contributed by atoms with Gasteiger partial charge in [-0.15, -0.1) is 0 Å². The van der Waals surface area contributed by atoms with Gasteiger partial charge in [0, 0.05) is 18.2 Å². The largest absolute Gasteiger partial charge is 0.497 e. The van der Waals surface area contributed by atoms with Gasteiger partial charge in [-0.1, -0.05) is 12.5 Å². The molecule has 1 N–H and O–H groups in total. The molecule has 2 aromatic rings. The van der Waals surface area contributed by atoms with Gasteiger partial charge in [-0.25, -0.2) is 4.98 Å². The van der Waals surface area contributed by atoms with E-state index in [4.69, 9.17) is 9.15 Å². The van der Waals surface area contributed by atoms with E-state index in [2.05, 4.69) is 22.1 Å². The van der Waals surface area contributed by atoms with Gasteiger partial charge in [0.2, 0.25) is 11.8 Å². The minimum absolute atomic E-state index is 0.0209. The zero-order valence-corrected chi connectivity index (χ0v) is 16.5. The summed E-state index contributed by atoms with van der Waals surface area (Å²) < 4.78 is 11.0. The number of aryl methyl sites for hydroxylation is 1. The molecule has 6 heteroatoms. The van der Waals surface area contributed by atoms with Crippen LogP contribution in [0.5, 0.6) is 5.75 Å². The Hall–Kier alpha value is -2.34. The molecule has 0 aliphatic carbocycles. The molecule has 1 aliphatic rings. The van der Waals surface area contributed by atoms with Gasteiger partial charge in [-0.05, 0) is 58.0 Å². The van der Waals surface area contributed by atoms with Crippen LogP contribution >= 0.6 is 0 Å². The number of nitrogens with one attached hydrogen (secondary N) is 1. The van der Waals surface area contributed by atoms with Gasteiger partial charge in [-0.3, -0.25) is 9.69 Å². The van der Waals surface area contributed by atoms with Crippen molar-refractivity contribution in [3.63, 3.8) is 0 Å². The van der Waals surface area contributed by atoms with Crippen LogP contribution in [0.25, 0.3) is 11.5 Å². The van der Waals surface area contributed by atoms with Crippen molar-refractivity contribution >= 4 is 5.91 Å². The molecule has 3 rings (SSSR count). The fraction of sp³-hybridized carbons (Fsp3) is 0.524. The molecule has 1 aliphatic heterocycles. The summed E-state index contributed by atoms with van der Waals surface area (Å²) in [5.41, 5.74) is 1.51. The van der Waals surface area contributed by atoms with E-state index in [1.54, 1.807) is 7.11 Å². The van der Waals surface area contributed by atoms with Crippen molar-refractivity contribution in [2.24, 2.45) is 0 Å². The van der Waals surface area contributed by atoms with Gasteiger partial charge in [0.1, 0.15) is 11.5 Å². The second-order valence-electron chi connectivity index (χ2n) is 7.18. The molecule has 1 saturated heterocycles. The van der Waals surface area contributed by atoms with Crippen molar-refractivity contribution in [1.29, 1.82) is 0 Å². The number of amides is 1. The molecule has 1 aromatic heterocycles. The smallest absolute Gasteiger partial charge is 0.226 e. The summed E-state index contributed by atoms with van der Waals surface area (Å²) >= 11 is 0. The van der Waals surface area contributed by atoms with E-state index in [0.29, 0.717) is 29.9 Å². The summed E-state index contributed by atoms with van der Waals surface area (Å²) in [6.45, 7) is 6.94. The molecule has 2 heterocycles. The van der Waals surface area contributed by atoms with Crippen LogP contribution in [0.1, 0.15) is 37.6 Å². The molecule has 1 amide bonds. The Morgan fingerprint density at radius 2 is 2.11 bits per heavy atom. The molecule has 0 radical (unpaired) electrons. The lowest BCUT2D eigenvalue weighted by Crippen LogP contribution is -2.44. The van der Waals surface area contributed by atoms with Crippen molar-refractivity contribution in [3.05, 3.63) is 35.7 Å². The Balaban J connectivity index is 1.57. The molecule has 0 spiro atoms. The fourth-order valence-electron chi connectivity index (χ4n) is 3.44. The number of methoxy groups -OCH3 is 1. The third kappa shape index (κ3) is 5.10. The van der Waals surface area contributed by atoms with E-state index in [0.717, 1.165) is 24.4 Å². The van der Waals surface area contributed by atoms with Gasteiger partial charge in [-0.2, -0.15) is 0 Å². The third-order valence-electron chi connectivity index (χ3n) is 5.15. The van der Waals surface area contributed by atoms with E-state index in [1.807, 2.05) is 31.2 Å². The van der Waals surface area contributed by atoms with E-state index in [-0.39, 0.29) is 12.3 Å². The summed E-state index contributed by atoms with van der Waals surface area (Å²) in [5.74, 6) is 1.91. The minimum Gasteiger partial charge on any atom is -0.497 e. The van der Waals surface area contributed by atoms with Crippen LogP contribution in [0, 0.1) is 6.92 Å². The topological polar surface area (TPSA) is 67.6 Å². The SMILES string of the molecule is COc1cccc(-c2nc(CC(=O)NCC(C)N3CCCCC3)c(C)o2)c1. The van der Waals surface area contributed by atoms with E-state index in [9.17, 15) is 4.79 Å². The van der Waals surface area contributed by atoms with Crippen molar-refractivity contribution < 1.29 is 13.9 Å². The standard InChI is InChI=1S/C21H29N3O3/c1-15(24-10-5-4-6-11-24)14-22-20(25)13-19-16(2)27-21(23-19)17-8-7-9-18(12-17)26-3/h7-9,12,15H,4-6,10-11,13-14H2,1-3H3,(H,22,25). The number of carbonyl (C=O) groups is 1. The number of benzene rings is 1. The lowest BCUT2D eigenvalue weighted by Gasteiger charge is -2.32. The van der Waals surface area contributed by atoms with Crippen molar-refractivity contribution in [3.8, 4) is 17.2 Å². The number of ether oxygens (including phenoxy) is 1. The first-order valence-corrected chi connectivity index (χ1v) is 9.68. The molecule has 1 atom stereocenters. The number of hydrogen-bond donors (Lipinski definition) is 1. The van der Waals surface area contributed by atoms with Crippen LogP contribution in [-0.4, -0.2) is 48.6 Å². The molecule has 27 heavy (non-hydrogen) atoms. The summed E-state index contributed by atoms with van der Waals surface area (Å²) in [6, 6.07) is 7.91. The second kappa shape index (κ2) is 9.04. The van der Waals surface area contributed by atoms with Crippen LogP contribution in [0.2, 0.25) is 0 Å². The average Bonchev–Trinajstić information content (AvgIpc) is 3.07. The Morgan fingerprint density at radius 1 is 1.33 bits per heavy atom. The van der Waals surface area contributed by atoms with E-state index in [1.165, 1.54) is 19.3 Å². The second-order valence-corrected chi connectivity index (χ2v) is 7.18. The molecular formula is C21H29N3O3. The zero-order chi connectivity index (χ0) is 19.2. The minimum atomic E-state index is -0.0209. The van der Waals surface area contributed by atoms with Crippen LogP contribution < -0.4 is 10.1 Å². The monoisotopic (exact) mass is 371 g/mol. The molecule has 1 unspecified atom stereocenters. The van der Waals surface area contributed by atoms with E-state index >= 15 is 0 Å². The van der Waals surface area contributed by atoms with Gasteiger partial charge in [0.05, 0.1) is 19.2 Å². The normalized spacial score (nSPS) is 16.1. The maximum absolute atomic E-state index is 12.4. The molecule has 1 aromatic carbocycles. The maximum Gasteiger partial charge on any atom is 0.226 e. The summed E-state index contributed by atoms with van der Waals surface area (Å²) in [6.07, 6.45) is 4.05. The first kappa shape index (κ1) is 19.4. The van der Waals surface area contributed by atoms with Gasteiger partial charge in [0.15, 0.2) is 0 Å². The fourth-order valence-corrected chi connectivity index (χ4v) is 3.44. The number of hydrogen-bond acceptors (Lipinski definition) is 5. The average molecular weight is 371 g/mol. The first-order chi connectivity index (χ1) is 13.1. The van der Waals surface area contributed by atoms with Gasteiger partial charge < -0.3 is 14.5 Å². The number of piperidine rings is 1. The van der Waals surface area contributed by atoms with Crippen molar-refractivity contribution in [1.82, 2.24) is 15.2 Å². The van der Waals surface area contributed by atoms with Crippen molar-refractivity contribution in [2.45, 2.75) is 45.6 Å². The van der Waals surface area contributed by atoms with Crippen molar-refractivity contribution in [2.75, 3.05) is 26.7 Å². The number of likely N-dealkylation sites (tertiary alicyclic amines) is 1. The van der Waals surface area contributed by atoms with Crippen LogP contribution in [0.15, 0.2) is 28.7 Å². The molecule has 146 valence electrons. The molecular weight excluding hydrogens is 342 g/mol. The summed E-state index contributed by atoms with van der Waals surface area (Å²) in [7, 11) is 1.63. The molecule has 1 fully saturated rings. The van der Waals surface area contributed by atoms with Crippen LogP contribution in [0.4, 0.5) is 0 Å². The maximum atomic E-state index is 12.4. The Labute approximate surface area is 160 Å². The first-order valence-electron chi connectivity index (χ1n) is 9.68. The number of aromatic nitrogens is 1. The Morgan fingerprint density at radius 3 is 2.85 bits per heavy atom. The van der Waals surface area contributed by atoms with Gasteiger partial charge >= 0.3 is 0 Å². The van der Waals surface area contributed by atoms with Gasteiger partial charge in [0.25, 0.3) is 0 Å². The molecule has 0 saturated carbocycles. The highest BCUT2D eigenvalue weighted by molar-refractivity contribution is 5.78. The molecule has 6 nitrogen and oxygen atoms in total. The lowest BCUT2D eigenvalue weighted by atomic mass is 10.1. The Bertz CT molecular complexity index is 766. The highest BCUT2D eigenvalue weighted by Crippen LogP contribution is 2.25. The summed E-state index contributed by atoms with van der Waals surface area (Å²) in [5, 5.41) is 3.04. The molecule has 0 bridgehead atoms. The number of oxazole rings is 1. The highest BCUT2D eigenvalue weighted by Gasteiger charge is 2.19. The quantitative estimate of drug-likeness (QED) is 0.810. The van der Waals surface area contributed by atoms with E-state index < -0.39 is 0 Å². The third-order valence-corrected chi connectivity index (χ3v) is 5.15. The van der Waals surface area contributed by atoms with Crippen LogP contribution in [0.3, 0.4) is 0 Å². The number of carbonyl (C=O) groups excluding carboxylic acids is 1. The predicted octanol–water partition coefficient (Wildman–Crippen LogP) is 3.19. The highest BCUT2D eigenvalue weighted by atomic mass is 16.5. The lowest BCUT2D eigenvalue weighted by molar-refractivity contribution is -0.120.